The predicted molar refractivity (Wildman–Crippen MR) is 43.5 cm³/mol. The summed E-state index contributed by atoms with van der Waals surface area (Å²) in [5.41, 5.74) is 0. The minimum atomic E-state index is -4.33. The molecule has 0 fully saturated rings. The Kier molecular flexibility index (Phi) is 78.5. The maximum atomic E-state index is 10.1. The molecule has 0 heterocycles. The first-order valence-corrected chi connectivity index (χ1v) is 15.5. The summed E-state index contributed by atoms with van der Waals surface area (Å²) in [6.45, 7) is 0. The van der Waals surface area contributed by atoms with Crippen LogP contribution in [0.15, 0.2) is 0 Å². The van der Waals surface area contributed by atoms with Crippen LogP contribution in [0.3, 0.4) is 0 Å². The van der Waals surface area contributed by atoms with Crippen LogP contribution >= 0.6 is 0 Å². The second kappa shape index (κ2) is 39.0. The first-order valence-electron chi connectivity index (χ1n) is 2.99. The molecule has 0 bridgehead atoms. The Morgan fingerprint density at radius 2 is 0.455 bits per heavy atom. The molecule has 0 amide bonds. The summed E-state index contributed by atoms with van der Waals surface area (Å²) < 4.78 is 135. The van der Waals surface area contributed by atoms with Gasteiger partial charge in [-0.15, -0.1) is 0 Å². The van der Waals surface area contributed by atoms with E-state index < -0.39 is 75.4 Å². The molecule has 0 aliphatic heterocycles. The monoisotopic (exact) mass is 801 g/mol. The van der Waals surface area contributed by atoms with Gasteiger partial charge < -0.3 is 0 Å². The van der Waals surface area contributed by atoms with Crippen LogP contribution < -0.4 is 20.7 Å². The Hall–Kier alpha value is 2.71. The quantitative estimate of drug-likeness (QED) is 0.168. The summed E-state index contributed by atoms with van der Waals surface area (Å²) in [6, 6.07) is 0. The normalized spacial score (nSPS) is 5.68. The van der Waals surface area contributed by atoms with E-state index in [1.54, 1.807) is 0 Å². The second-order valence-corrected chi connectivity index (χ2v) is 6.17. The fraction of sp³-hybridized carbons (Fsp3) is 0. The van der Waals surface area contributed by atoms with Gasteiger partial charge in [0, 0.05) is 0 Å². The van der Waals surface area contributed by atoms with Gasteiger partial charge in [0.1, 0.15) is 0 Å². The van der Waals surface area contributed by atoms with Crippen molar-refractivity contribution in [2.24, 2.45) is 0 Å². The fourth-order valence-electron chi connectivity index (χ4n) is 0. The van der Waals surface area contributed by atoms with Crippen molar-refractivity contribution in [3.05, 3.63) is 0 Å². The molecule has 22 heavy (non-hydrogen) atoms. The molecule has 0 saturated carbocycles. The molecule has 0 spiro atoms. The molecule has 0 aromatic carbocycles. The van der Waals surface area contributed by atoms with Crippen LogP contribution in [0.1, 0.15) is 0 Å². The molecule has 10 nitrogen and oxygen atoms in total. The summed E-state index contributed by atoms with van der Waals surface area (Å²) in [4.78, 5) is 0. The summed E-state index contributed by atoms with van der Waals surface area (Å²) in [7, 11) is 0. The van der Waals surface area contributed by atoms with Crippen molar-refractivity contribution in [3.63, 3.8) is 0 Å². The number of rotatable bonds is 0. The van der Waals surface area contributed by atoms with Crippen LogP contribution in [0, 0.1) is 49.4 Å². The summed E-state index contributed by atoms with van der Waals surface area (Å²) >= 11 is -21.7. The van der Waals surface area contributed by atoms with Crippen LogP contribution in [-0.2, 0) is 18.9 Å². The molecule has 0 N–H and O–H groups in total. The Balaban J connectivity index is -0.0000000250. The van der Waals surface area contributed by atoms with E-state index in [1.165, 1.54) is 0 Å². The van der Waals surface area contributed by atoms with Gasteiger partial charge in [0.2, 0.25) is 0 Å². The first kappa shape index (κ1) is 44.3. The van der Waals surface area contributed by atoms with E-state index in [2.05, 4.69) is 0 Å². The first-order chi connectivity index (χ1) is 8.66. The number of hydrogen-bond donors (Lipinski definition) is 0. The van der Waals surface area contributed by atoms with Crippen molar-refractivity contribution in [2.75, 3.05) is 0 Å². The summed E-state index contributed by atoms with van der Waals surface area (Å²) in [5, 5.41) is 0. The van der Waals surface area contributed by atoms with Crippen molar-refractivity contribution < 1.29 is 106 Å². The van der Waals surface area contributed by atoms with Gasteiger partial charge in [0.15, 0.2) is 0 Å². The zero-order valence-electron chi connectivity index (χ0n) is 9.56. The van der Waals surface area contributed by atoms with E-state index >= 15 is 0 Å². The van der Waals surface area contributed by atoms with E-state index in [4.69, 9.17) is 39.6 Å². The minimum absolute atomic E-state index is 0. The Morgan fingerprint density at radius 3 is 0.455 bits per heavy atom. The van der Waals surface area contributed by atoms with E-state index in [1.807, 2.05) is 0 Å². The van der Waals surface area contributed by atoms with Crippen LogP contribution in [-0.4, -0.2) is 98.5 Å². The topological polar surface area (TPSA) is 201 Å². The molecular weight excluding hydrogens is 794 g/mol. The van der Waals surface area contributed by atoms with E-state index in [0.29, 0.717) is 0 Å². The zero-order chi connectivity index (χ0) is 17.9. The van der Waals surface area contributed by atoms with Gasteiger partial charge in [0.05, 0.1) is 0 Å². The van der Waals surface area contributed by atoms with Gasteiger partial charge in [0.25, 0.3) is 0 Å². The zero-order valence-corrected chi connectivity index (χ0v) is 23.9. The molecule has 124 valence electrons. The van der Waals surface area contributed by atoms with Crippen LogP contribution in [0.25, 0.3) is 0 Å². The van der Waals surface area contributed by atoms with Gasteiger partial charge >= 0.3 is 205 Å². The van der Waals surface area contributed by atoms with Gasteiger partial charge in [-0.3, -0.25) is 0 Å². The molecule has 0 rings (SSSR count). The van der Waals surface area contributed by atoms with Crippen molar-refractivity contribution in [1.29, 1.82) is 0 Å². The third kappa shape index (κ3) is 1450. The van der Waals surface area contributed by atoms with E-state index in [-0.39, 0.29) is 72.4 Å². The molecule has 0 atom stereocenters. The van der Waals surface area contributed by atoms with Crippen molar-refractivity contribution in [3.8, 4) is 0 Å². The van der Waals surface area contributed by atoms with Gasteiger partial charge in [-0.1, -0.05) is 0 Å². The molecular formula is EuF5Ge5MgO10. The van der Waals surface area contributed by atoms with Crippen molar-refractivity contribution in [1.82, 2.24) is 0 Å². The van der Waals surface area contributed by atoms with Crippen molar-refractivity contribution >= 4 is 98.5 Å². The predicted octanol–water partition coefficient (Wildman–Crippen LogP) is -6.72. The van der Waals surface area contributed by atoms with Crippen LogP contribution in [0.4, 0.5) is 17.5 Å². The molecule has 22 heteroatoms. The van der Waals surface area contributed by atoms with E-state index in [0.717, 1.165) is 0 Å². The fourth-order valence-corrected chi connectivity index (χ4v) is 0. The SMILES string of the molecule is [Eu+3].[Mg+2].[O]=[Ge]([O-])[F].[O]=[Ge]([O-])[F].[O]=[Ge]([O-])[F].[O]=[Ge]([O-])[F].[O]=[Ge]([O-])[F]. The molecule has 0 aliphatic rings. The maximum absolute atomic E-state index is 10.1. The van der Waals surface area contributed by atoms with E-state index in [9.17, 15) is 17.5 Å². The summed E-state index contributed by atoms with van der Waals surface area (Å²) in [6.07, 6.45) is 0. The average molecular weight is 794 g/mol. The Bertz CT molecular complexity index is 226. The Morgan fingerprint density at radius 1 is 0.455 bits per heavy atom. The number of hydrogen-bond acceptors (Lipinski definition) is 10. The number of halogens is 5. The Labute approximate surface area is 201 Å². The third-order valence-electron chi connectivity index (χ3n) is 0. The van der Waals surface area contributed by atoms with Crippen LogP contribution in [0.5, 0.6) is 0 Å². The van der Waals surface area contributed by atoms with Gasteiger partial charge in [-0.05, 0) is 0 Å². The third-order valence-corrected chi connectivity index (χ3v) is 0. The molecule has 0 unspecified atom stereocenters. The molecule has 0 saturated heterocycles. The average Bonchev–Trinajstić information content (AvgIpc) is 1.94. The van der Waals surface area contributed by atoms with Crippen molar-refractivity contribution in [2.45, 2.75) is 0 Å². The molecule has 0 aromatic rings. The second-order valence-electron chi connectivity index (χ2n) is 1.19. The summed E-state index contributed by atoms with van der Waals surface area (Å²) in [5.74, 6) is 0. The van der Waals surface area contributed by atoms with Gasteiger partial charge in [-0.2, -0.15) is 0 Å². The van der Waals surface area contributed by atoms with Gasteiger partial charge in [-0.25, -0.2) is 0 Å². The molecule has 0 radical (unpaired) electrons. The molecule has 0 aromatic heterocycles. The molecule has 0 aliphatic carbocycles. The standard InChI is InChI=1S/Eu.5FGeO2.Mg/c;5*1-2(3)4;/q+3;5*-1;+2. The van der Waals surface area contributed by atoms with Crippen LogP contribution in [0.2, 0.25) is 0 Å².